The fraction of sp³-hybridized carbons (Fsp3) is 0.867. The van der Waals surface area contributed by atoms with Crippen LogP contribution in [0.15, 0.2) is 0 Å². The van der Waals surface area contributed by atoms with Crippen molar-refractivity contribution in [3.8, 4) is 0 Å². The average Bonchev–Trinajstić information content (AvgIpc) is 2.88. The van der Waals surface area contributed by atoms with Crippen LogP contribution in [-0.2, 0) is 0 Å². The summed E-state index contributed by atoms with van der Waals surface area (Å²) < 4.78 is 0. The summed E-state index contributed by atoms with van der Waals surface area (Å²) in [6, 6.07) is 0.529. The molecule has 1 aliphatic heterocycles. The Labute approximate surface area is 119 Å². The highest BCUT2D eigenvalue weighted by Gasteiger charge is 2.66. The molecule has 0 radical (unpaired) electrons. The van der Waals surface area contributed by atoms with Crippen LogP contribution in [0.1, 0.15) is 37.9 Å². The Balaban J connectivity index is 1.34. The molecule has 5 nitrogen and oxygen atoms in total. The number of hydrogen-bond acceptors (Lipinski definition) is 4. The number of H-pyrrole nitrogens is 1. The van der Waals surface area contributed by atoms with Gasteiger partial charge in [0.25, 0.3) is 0 Å². The minimum absolute atomic E-state index is 0.529. The van der Waals surface area contributed by atoms with Crippen LogP contribution in [0.4, 0.5) is 5.95 Å². The molecule has 2 bridgehead atoms. The van der Waals surface area contributed by atoms with Gasteiger partial charge in [-0.2, -0.15) is 4.98 Å². The smallest absolute Gasteiger partial charge is 0.244 e. The van der Waals surface area contributed by atoms with Gasteiger partial charge in [0, 0.05) is 31.6 Å². The van der Waals surface area contributed by atoms with Crippen molar-refractivity contribution in [1.29, 1.82) is 0 Å². The molecule has 5 heteroatoms. The maximum absolute atomic E-state index is 4.84. The lowest BCUT2D eigenvalue weighted by atomic mass is 10.0. The zero-order valence-electron chi connectivity index (χ0n) is 12.0. The Hall–Kier alpha value is -1.10. The van der Waals surface area contributed by atoms with E-state index in [4.69, 9.17) is 4.98 Å². The van der Waals surface area contributed by atoms with Crippen molar-refractivity contribution >= 4 is 5.95 Å². The lowest BCUT2D eigenvalue weighted by Gasteiger charge is -2.30. The second-order valence-corrected chi connectivity index (χ2v) is 7.34. The normalized spacial score (nSPS) is 45.8. The Morgan fingerprint density at radius 3 is 2.75 bits per heavy atom. The molecular formula is C15H23N5. The fourth-order valence-corrected chi connectivity index (χ4v) is 5.36. The third-order valence-corrected chi connectivity index (χ3v) is 6.19. The monoisotopic (exact) mass is 273 g/mol. The van der Waals surface area contributed by atoms with Crippen LogP contribution >= 0.6 is 0 Å². The topological polar surface area (TPSA) is 56.8 Å². The molecular weight excluding hydrogens is 250 g/mol. The van der Waals surface area contributed by atoms with Gasteiger partial charge in [-0.1, -0.05) is 0 Å². The number of aromatic amines is 1. The van der Waals surface area contributed by atoms with Crippen LogP contribution in [0.5, 0.6) is 0 Å². The molecule has 5 atom stereocenters. The van der Waals surface area contributed by atoms with Crippen LogP contribution in [0.2, 0.25) is 0 Å². The summed E-state index contributed by atoms with van der Waals surface area (Å²) in [4.78, 5) is 7.15. The van der Waals surface area contributed by atoms with Gasteiger partial charge in [-0.05, 0) is 49.9 Å². The summed E-state index contributed by atoms with van der Waals surface area (Å²) in [7, 11) is 0. The number of piperazine rings is 1. The molecule has 3 saturated carbocycles. The molecule has 1 aromatic rings. The number of aromatic nitrogens is 3. The largest absolute Gasteiger partial charge is 0.337 e. The molecule has 2 N–H and O–H groups in total. The van der Waals surface area contributed by atoms with Gasteiger partial charge in [-0.25, -0.2) is 0 Å². The van der Waals surface area contributed by atoms with Gasteiger partial charge in [0.15, 0.2) is 0 Å². The number of nitrogens with zero attached hydrogens (tertiary/aromatic N) is 3. The van der Waals surface area contributed by atoms with Crippen molar-refractivity contribution in [2.45, 2.75) is 38.1 Å². The molecule has 108 valence electrons. The summed E-state index contributed by atoms with van der Waals surface area (Å²) in [5.41, 5.74) is 0. The summed E-state index contributed by atoms with van der Waals surface area (Å²) in [5, 5.41) is 11.2. The van der Waals surface area contributed by atoms with Gasteiger partial charge in [0.2, 0.25) is 5.95 Å². The van der Waals surface area contributed by atoms with Crippen molar-refractivity contribution in [1.82, 2.24) is 20.5 Å². The molecule has 5 rings (SSSR count). The summed E-state index contributed by atoms with van der Waals surface area (Å²) in [5.74, 6) is 6.70. The first-order chi connectivity index (χ1) is 9.81. The van der Waals surface area contributed by atoms with Gasteiger partial charge in [0.05, 0.1) is 0 Å². The molecule has 20 heavy (non-hydrogen) atoms. The van der Waals surface area contributed by atoms with Gasteiger partial charge in [-0.3, -0.25) is 5.10 Å². The van der Waals surface area contributed by atoms with E-state index < -0.39 is 0 Å². The molecule has 1 aromatic heterocycles. The average molecular weight is 273 g/mol. The fourth-order valence-electron chi connectivity index (χ4n) is 5.36. The standard InChI is InChI=1S/C15H23N5/c1-8-7-20(5-4-16-8)15-17-14(18-19-15)13-11-9-2-3-10(6-9)12(11)13/h8-13,16H,2-7H2,1H3,(H,17,18,19). The van der Waals surface area contributed by atoms with E-state index in [0.29, 0.717) is 12.0 Å². The minimum atomic E-state index is 0.529. The van der Waals surface area contributed by atoms with E-state index in [1.165, 1.54) is 25.1 Å². The van der Waals surface area contributed by atoms with Crippen LogP contribution < -0.4 is 10.2 Å². The zero-order chi connectivity index (χ0) is 13.3. The van der Waals surface area contributed by atoms with Crippen molar-refractivity contribution in [2.24, 2.45) is 23.7 Å². The predicted octanol–water partition coefficient (Wildman–Crippen LogP) is 1.36. The second-order valence-electron chi connectivity index (χ2n) is 7.34. The summed E-state index contributed by atoms with van der Waals surface area (Å²) in [6.45, 7) is 5.29. The number of fused-ring (bicyclic) bond motifs is 5. The van der Waals surface area contributed by atoms with E-state index in [1.807, 2.05) is 0 Å². The van der Waals surface area contributed by atoms with Crippen molar-refractivity contribution in [2.75, 3.05) is 24.5 Å². The Morgan fingerprint density at radius 2 is 2.00 bits per heavy atom. The maximum Gasteiger partial charge on any atom is 0.244 e. The highest BCUT2D eigenvalue weighted by atomic mass is 15.4. The quantitative estimate of drug-likeness (QED) is 0.854. The van der Waals surface area contributed by atoms with Crippen molar-refractivity contribution < 1.29 is 0 Å². The first kappa shape index (κ1) is 11.5. The molecule has 0 aromatic carbocycles. The Bertz CT molecular complexity index is 510. The number of anilines is 1. The van der Waals surface area contributed by atoms with Crippen molar-refractivity contribution in [3.05, 3.63) is 5.82 Å². The Morgan fingerprint density at radius 1 is 1.20 bits per heavy atom. The maximum atomic E-state index is 4.84. The summed E-state index contributed by atoms with van der Waals surface area (Å²) in [6.07, 6.45) is 4.44. The second kappa shape index (κ2) is 3.97. The van der Waals surface area contributed by atoms with Crippen LogP contribution in [-0.4, -0.2) is 40.9 Å². The van der Waals surface area contributed by atoms with Gasteiger partial charge in [0.1, 0.15) is 5.82 Å². The first-order valence-electron chi connectivity index (χ1n) is 8.22. The van der Waals surface area contributed by atoms with Gasteiger partial charge < -0.3 is 10.2 Å². The third-order valence-electron chi connectivity index (χ3n) is 6.19. The number of nitrogens with one attached hydrogen (secondary N) is 2. The lowest BCUT2D eigenvalue weighted by Crippen LogP contribution is -2.49. The molecule has 2 heterocycles. The molecule has 0 spiro atoms. The van der Waals surface area contributed by atoms with E-state index in [2.05, 4.69) is 27.3 Å². The Kier molecular flexibility index (Phi) is 2.29. The summed E-state index contributed by atoms with van der Waals surface area (Å²) >= 11 is 0. The van der Waals surface area contributed by atoms with E-state index in [0.717, 1.165) is 49.3 Å². The van der Waals surface area contributed by atoms with E-state index in [9.17, 15) is 0 Å². The SMILES string of the molecule is CC1CN(c2n[nH]c(C3C4C5CCC(C5)C34)n2)CCN1. The predicted molar refractivity (Wildman–Crippen MR) is 76.6 cm³/mol. The van der Waals surface area contributed by atoms with Crippen LogP contribution in [0.25, 0.3) is 0 Å². The molecule has 4 fully saturated rings. The minimum Gasteiger partial charge on any atom is -0.337 e. The number of hydrogen-bond donors (Lipinski definition) is 2. The number of rotatable bonds is 2. The third kappa shape index (κ3) is 1.53. The van der Waals surface area contributed by atoms with Crippen molar-refractivity contribution in [3.63, 3.8) is 0 Å². The highest BCUT2D eigenvalue weighted by molar-refractivity contribution is 5.33. The van der Waals surface area contributed by atoms with Gasteiger partial charge in [-0.15, -0.1) is 5.10 Å². The highest BCUT2D eigenvalue weighted by Crippen LogP contribution is 2.72. The van der Waals surface area contributed by atoms with E-state index >= 15 is 0 Å². The van der Waals surface area contributed by atoms with Crippen LogP contribution in [0, 0.1) is 23.7 Å². The van der Waals surface area contributed by atoms with Crippen LogP contribution in [0.3, 0.4) is 0 Å². The molecule has 3 aliphatic carbocycles. The molecule has 4 aliphatic rings. The molecule has 0 amide bonds. The van der Waals surface area contributed by atoms with E-state index in [1.54, 1.807) is 0 Å². The first-order valence-corrected chi connectivity index (χ1v) is 8.22. The molecule has 1 saturated heterocycles. The van der Waals surface area contributed by atoms with E-state index in [-0.39, 0.29) is 0 Å². The van der Waals surface area contributed by atoms with Gasteiger partial charge >= 0.3 is 0 Å². The zero-order valence-corrected chi connectivity index (χ0v) is 12.0. The molecule has 5 unspecified atom stereocenters. The lowest BCUT2D eigenvalue weighted by molar-refractivity contribution is 0.456.